The van der Waals surface area contributed by atoms with Crippen LogP contribution in [0.15, 0.2) is 25.0 Å². The Morgan fingerprint density at radius 3 is 2.00 bits per heavy atom. The van der Waals surface area contributed by atoms with Crippen LogP contribution in [0.4, 0.5) is 4.79 Å². The van der Waals surface area contributed by atoms with Crippen LogP contribution < -0.4 is 5.32 Å². The monoisotopic (exact) mass is 637 g/mol. The lowest BCUT2D eigenvalue weighted by atomic mass is 10.0. The van der Waals surface area contributed by atoms with Crippen molar-refractivity contribution < 1.29 is 38.1 Å². The smallest absolute Gasteiger partial charge is 0.471 e. The second-order valence-corrected chi connectivity index (χ2v) is 12.0. The van der Waals surface area contributed by atoms with Crippen molar-refractivity contribution in [2.45, 2.75) is 167 Å². The molecule has 1 saturated heterocycles. The lowest BCUT2D eigenvalue weighted by Crippen LogP contribution is -2.62. The maximum absolute atomic E-state index is 13.1. The molecule has 1 amide bonds. The van der Waals surface area contributed by atoms with Gasteiger partial charge in [0.1, 0.15) is 24.5 Å². The number of carbonyl (C=O) groups is 3. The van der Waals surface area contributed by atoms with E-state index in [2.05, 4.69) is 25.7 Å². The van der Waals surface area contributed by atoms with Crippen LogP contribution in [0.2, 0.25) is 0 Å². The molecule has 45 heavy (non-hydrogen) atoms. The maximum atomic E-state index is 13.1. The number of unbranched alkanes of at least 4 members (excludes halogenated alkanes) is 15. The number of allylic oxidation sites excluding steroid dienone is 1. The van der Waals surface area contributed by atoms with Crippen LogP contribution in [0.5, 0.6) is 0 Å². The topological polar surface area (TPSA) is 109 Å². The predicted octanol–water partition coefficient (Wildman–Crippen LogP) is 8.49. The van der Waals surface area contributed by atoms with E-state index in [0.29, 0.717) is 13.0 Å². The van der Waals surface area contributed by atoms with Gasteiger partial charge in [-0.05, 0) is 19.8 Å². The van der Waals surface area contributed by atoms with Gasteiger partial charge >= 0.3 is 6.16 Å². The number of Topliss-reactive ketones (excluding diaryl/α,β-unsaturated/α-hetero) is 1. The van der Waals surface area contributed by atoms with Crippen LogP contribution in [0.3, 0.4) is 0 Å². The van der Waals surface area contributed by atoms with Crippen molar-refractivity contribution >= 4 is 17.8 Å². The molecule has 1 rings (SSSR count). The molecular formula is C36H63NO8. The third kappa shape index (κ3) is 20.4. The highest BCUT2D eigenvalue weighted by Gasteiger charge is 2.45. The molecule has 0 aromatic rings. The van der Waals surface area contributed by atoms with Crippen LogP contribution >= 0.6 is 0 Å². The summed E-state index contributed by atoms with van der Waals surface area (Å²) in [6, 6.07) is -0.811. The zero-order valence-electron chi connectivity index (χ0n) is 28.6. The molecule has 1 N–H and O–H groups in total. The zero-order chi connectivity index (χ0) is 33.0. The molecule has 0 aliphatic carbocycles. The highest BCUT2D eigenvalue weighted by atomic mass is 16.7. The molecule has 0 spiro atoms. The van der Waals surface area contributed by atoms with Crippen molar-refractivity contribution in [1.29, 1.82) is 0 Å². The molecule has 1 aliphatic heterocycles. The number of rotatable bonds is 28. The van der Waals surface area contributed by atoms with Crippen LogP contribution in [0.25, 0.3) is 0 Å². The minimum Gasteiger partial charge on any atom is -0.471 e. The first-order chi connectivity index (χ1) is 22.0. The highest BCUT2D eigenvalue weighted by Crippen LogP contribution is 2.24. The lowest BCUT2D eigenvalue weighted by molar-refractivity contribution is -0.228. The second-order valence-electron chi connectivity index (χ2n) is 12.0. The van der Waals surface area contributed by atoms with E-state index in [9.17, 15) is 14.4 Å². The summed E-state index contributed by atoms with van der Waals surface area (Å²) in [7, 11) is 0. The third-order valence-electron chi connectivity index (χ3n) is 7.91. The van der Waals surface area contributed by atoms with E-state index < -0.39 is 36.6 Å². The van der Waals surface area contributed by atoms with E-state index in [4.69, 9.17) is 23.7 Å². The molecule has 4 atom stereocenters. The van der Waals surface area contributed by atoms with Crippen molar-refractivity contribution in [3.05, 3.63) is 25.0 Å². The van der Waals surface area contributed by atoms with Crippen molar-refractivity contribution in [3.8, 4) is 0 Å². The average molecular weight is 638 g/mol. The lowest BCUT2D eigenvalue weighted by Gasteiger charge is -2.41. The number of hydrogen-bond acceptors (Lipinski definition) is 8. The van der Waals surface area contributed by atoms with Crippen molar-refractivity contribution in [1.82, 2.24) is 5.32 Å². The Bertz CT molecular complexity index is 817. The minimum atomic E-state index is -0.884. The summed E-state index contributed by atoms with van der Waals surface area (Å²) in [4.78, 5) is 38.0. The normalized spacial score (nSPS) is 19.7. The Balaban J connectivity index is 2.73. The van der Waals surface area contributed by atoms with Gasteiger partial charge in [0.15, 0.2) is 6.10 Å². The fourth-order valence-electron chi connectivity index (χ4n) is 5.39. The van der Waals surface area contributed by atoms with Crippen molar-refractivity contribution in [2.75, 3.05) is 19.8 Å². The average Bonchev–Trinajstić information content (AvgIpc) is 3.02. The molecule has 9 heteroatoms. The molecule has 0 aromatic carbocycles. The summed E-state index contributed by atoms with van der Waals surface area (Å²) in [5.74, 6) is -0.538. The first kappa shape index (κ1) is 40.6. The Morgan fingerprint density at radius 1 is 0.844 bits per heavy atom. The summed E-state index contributed by atoms with van der Waals surface area (Å²) in [6.07, 6.45) is 21.1. The number of carbonyl (C=O) groups excluding carboxylic acids is 3. The first-order valence-corrected chi connectivity index (χ1v) is 17.7. The molecule has 1 aliphatic rings. The molecule has 1 heterocycles. The van der Waals surface area contributed by atoms with Crippen molar-refractivity contribution in [3.63, 3.8) is 0 Å². The molecule has 260 valence electrons. The number of ether oxygens (including phenoxy) is 5. The van der Waals surface area contributed by atoms with E-state index in [0.717, 1.165) is 38.5 Å². The molecule has 0 bridgehead atoms. The molecule has 1 unspecified atom stereocenters. The van der Waals surface area contributed by atoms with Gasteiger partial charge in [-0.1, -0.05) is 129 Å². The third-order valence-corrected chi connectivity index (χ3v) is 7.91. The van der Waals surface area contributed by atoms with E-state index in [1.165, 1.54) is 83.0 Å². The van der Waals surface area contributed by atoms with Gasteiger partial charge in [0.2, 0.25) is 12.2 Å². The highest BCUT2D eigenvalue weighted by molar-refractivity contribution is 5.98. The van der Waals surface area contributed by atoms with Gasteiger partial charge in [-0.15, -0.1) is 0 Å². The quantitative estimate of drug-likeness (QED) is 0.0299. The van der Waals surface area contributed by atoms with E-state index >= 15 is 0 Å². The van der Waals surface area contributed by atoms with Gasteiger partial charge in [0.25, 0.3) is 0 Å². The van der Waals surface area contributed by atoms with Gasteiger partial charge < -0.3 is 29.0 Å². The Labute approximate surface area is 273 Å². The van der Waals surface area contributed by atoms with Gasteiger partial charge in [-0.25, -0.2) is 4.79 Å². The summed E-state index contributed by atoms with van der Waals surface area (Å²) in [5.41, 5.74) is 0. The molecule has 0 aromatic heterocycles. The zero-order valence-corrected chi connectivity index (χ0v) is 28.6. The number of amides is 1. The van der Waals surface area contributed by atoms with Gasteiger partial charge in [-0.3, -0.25) is 9.59 Å². The largest absolute Gasteiger partial charge is 0.509 e. The molecule has 1 fully saturated rings. The van der Waals surface area contributed by atoms with Crippen LogP contribution in [0, 0.1) is 0 Å². The fraction of sp³-hybridized carbons (Fsp3) is 0.806. The van der Waals surface area contributed by atoms with Gasteiger partial charge in [0.05, 0.1) is 19.3 Å². The van der Waals surface area contributed by atoms with Crippen LogP contribution in [-0.4, -0.2) is 62.2 Å². The van der Waals surface area contributed by atoms with Gasteiger partial charge in [0, 0.05) is 13.0 Å². The Morgan fingerprint density at radius 2 is 1.42 bits per heavy atom. The summed E-state index contributed by atoms with van der Waals surface area (Å²) < 4.78 is 28.5. The van der Waals surface area contributed by atoms with Crippen LogP contribution in [-0.2, 0) is 33.3 Å². The van der Waals surface area contributed by atoms with E-state index in [-0.39, 0.29) is 25.4 Å². The Hall–Kier alpha value is -2.39. The van der Waals surface area contributed by atoms with E-state index in [1.807, 2.05) is 0 Å². The SMILES string of the molecule is C=CCOC(=O)O[C@@H]1CO[C@H](O/C=C\C)[C@H](NC(=O)CC(=O)CCCCCCCCCCC)C1OCCCCCCCCCC. The maximum Gasteiger partial charge on any atom is 0.509 e. The second kappa shape index (κ2) is 27.9. The molecular weight excluding hydrogens is 574 g/mol. The van der Waals surface area contributed by atoms with E-state index in [1.54, 1.807) is 13.0 Å². The molecule has 0 radical (unpaired) electrons. The van der Waals surface area contributed by atoms with Crippen molar-refractivity contribution in [2.24, 2.45) is 0 Å². The van der Waals surface area contributed by atoms with Gasteiger partial charge in [-0.2, -0.15) is 0 Å². The Kier molecular flexibility index (Phi) is 25.2. The minimum absolute atomic E-state index is 0.00257. The number of ketones is 1. The fourth-order valence-corrected chi connectivity index (χ4v) is 5.39. The number of hydrogen-bond donors (Lipinski definition) is 1. The standard InChI is InChI=1S/C36H63NO8/c1-5-9-11-13-15-17-18-20-22-24-30(38)28-32(39)37-33-34(41-27-23-21-19-16-14-12-10-6-2)31(45-36(40)43-26-8-4)29-44-35(33)42-25-7-3/h7-8,25,31,33-35H,4-6,9-24,26-29H2,1-3H3,(H,37,39)/b25-7-/t31-,33-,34?,35+/m1/s1. The first-order valence-electron chi connectivity index (χ1n) is 17.7. The predicted molar refractivity (Wildman–Crippen MR) is 178 cm³/mol. The summed E-state index contributed by atoms with van der Waals surface area (Å²) >= 11 is 0. The molecule has 0 saturated carbocycles. The van der Waals surface area contributed by atoms with Crippen LogP contribution in [0.1, 0.15) is 143 Å². The summed E-state index contributed by atoms with van der Waals surface area (Å²) in [6.45, 7) is 10.2. The summed E-state index contributed by atoms with van der Waals surface area (Å²) in [5, 5.41) is 2.90. The number of nitrogens with one attached hydrogen (secondary N) is 1. The molecule has 9 nitrogen and oxygen atoms in total.